The SMILES string of the molecule is O=C(Nc1cncc(C2CC2)c1)c1cc(Cl)c(Cl)cc1F. The third kappa shape index (κ3) is 3.17. The van der Waals surface area contributed by atoms with E-state index < -0.39 is 11.7 Å². The second kappa shape index (κ2) is 5.62. The lowest BCUT2D eigenvalue weighted by atomic mass is 10.1. The van der Waals surface area contributed by atoms with Crippen molar-refractivity contribution in [2.75, 3.05) is 5.32 Å². The number of halogens is 3. The number of pyridine rings is 1. The predicted molar refractivity (Wildman–Crippen MR) is 80.6 cm³/mol. The van der Waals surface area contributed by atoms with Crippen molar-refractivity contribution >= 4 is 34.8 Å². The topological polar surface area (TPSA) is 42.0 Å². The summed E-state index contributed by atoms with van der Waals surface area (Å²) >= 11 is 11.5. The van der Waals surface area contributed by atoms with Crippen LogP contribution in [0.5, 0.6) is 0 Å². The van der Waals surface area contributed by atoms with Gasteiger partial charge in [0.1, 0.15) is 5.82 Å². The minimum Gasteiger partial charge on any atom is -0.320 e. The second-order valence-electron chi connectivity index (χ2n) is 4.98. The zero-order chi connectivity index (χ0) is 15.0. The third-order valence-electron chi connectivity index (χ3n) is 3.32. The Kier molecular flexibility index (Phi) is 3.83. The van der Waals surface area contributed by atoms with Crippen LogP contribution in [0.3, 0.4) is 0 Å². The summed E-state index contributed by atoms with van der Waals surface area (Å²) in [5.41, 5.74) is 1.47. The van der Waals surface area contributed by atoms with Gasteiger partial charge in [-0.3, -0.25) is 9.78 Å². The predicted octanol–water partition coefficient (Wildman–Crippen LogP) is 4.66. The molecular weight excluding hydrogens is 314 g/mol. The van der Waals surface area contributed by atoms with Crippen molar-refractivity contribution in [3.63, 3.8) is 0 Å². The Morgan fingerprint density at radius 2 is 1.90 bits per heavy atom. The van der Waals surface area contributed by atoms with Crippen molar-refractivity contribution in [1.82, 2.24) is 4.98 Å². The Morgan fingerprint density at radius 1 is 1.19 bits per heavy atom. The van der Waals surface area contributed by atoms with Crippen LogP contribution >= 0.6 is 23.2 Å². The zero-order valence-electron chi connectivity index (χ0n) is 10.9. The van der Waals surface area contributed by atoms with Gasteiger partial charge in [-0.05, 0) is 42.5 Å². The maximum Gasteiger partial charge on any atom is 0.258 e. The first-order valence-electron chi connectivity index (χ1n) is 6.45. The molecule has 1 aliphatic rings. The molecule has 1 heterocycles. The molecule has 108 valence electrons. The monoisotopic (exact) mass is 324 g/mol. The molecule has 1 N–H and O–H groups in total. The summed E-state index contributed by atoms with van der Waals surface area (Å²) < 4.78 is 13.8. The molecule has 0 unspecified atom stereocenters. The lowest BCUT2D eigenvalue weighted by Gasteiger charge is -2.08. The summed E-state index contributed by atoms with van der Waals surface area (Å²) in [7, 11) is 0. The zero-order valence-corrected chi connectivity index (χ0v) is 12.4. The molecule has 0 aliphatic heterocycles. The summed E-state index contributed by atoms with van der Waals surface area (Å²) in [6, 6.07) is 4.10. The molecule has 3 nitrogen and oxygen atoms in total. The van der Waals surface area contributed by atoms with Gasteiger partial charge >= 0.3 is 0 Å². The van der Waals surface area contributed by atoms with Crippen molar-refractivity contribution < 1.29 is 9.18 Å². The minimum atomic E-state index is -0.715. The van der Waals surface area contributed by atoms with E-state index in [0.29, 0.717) is 11.6 Å². The first-order valence-corrected chi connectivity index (χ1v) is 7.21. The number of benzene rings is 1. The van der Waals surface area contributed by atoms with Crippen LogP contribution in [-0.4, -0.2) is 10.9 Å². The van der Waals surface area contributed by atoms with E-state index in [1.165, 1.54) is 12.3 Å². The number of anilines is 1. The van der Waals surface area contributed by atoms with Crippen LogP contribution in [0.1, 0.15) is 34.7 Å². The summed E-state index contributed by atoms with van der Waals surface area (Å²) in [4.78, 5) is 16.2. The lowest BCUT2D eigenvalue weighted by molar-refractivity contribution is 0.102. The molecule has 0 atom stereocenters. The fraction of sp³-hybridized carbons (Fsp3) is 0.200. The van der Waals surface area contributed by atoms with Gasteiger partial charge in [0.15, 0.2) is 0 Å². The fourth-order valence-corrected chi connectivity index (χ4v) is 2.38. The highest BCUT2D eigenvalue weighted by Gasteiger charge is 2.24. The molecule has 1 amide bonds. The van der Waals surface area contributed by atoms with E-state index in [1.54, 1.807) is 6.20 Å². The quantitative estimate of drug-likeness (QED) is 0.834. The normalized spacial score (nSPS) is 14.0. The van der Waals surface area contributed by atoms with Gasteiger partial charge in [-0.2, -0.15) is 0 Å². The number of nitrogens with one attached hydrogen (secondary N) is 1. The molecule has 0 bridgehead atoms. The van der Waals surface area contributed by atoms with E-state index in [9.17, 15) is 9.18 Å². The van der Waals surface area contributed by atoms with Gasteiger partial charge in [0.05, 0.1) is 27.5 Å². The van der Waals surface area contributed by atoms with Gasteiger partial charge in [-0.25, -0.2) is 4.39 Å². The Morgan fingerprint density at radius 3 is 2.62 bits per heavy atom. The molecule has 1 saturated carbocycles. The number of carbonyl (C=O) groups is 1. The van der Waals surface area contributed by atoms with Gasteiger partial charge in [0, 0.05) is 6.20 Å². The molecule has 1 aromatic carbocycles. The molecule has 3 rings (SSSR count). The van der Waals surface area contributed by atoms with Crippen LogP contribution in [0, 0.1) is 5.82 Å². The van der Waals surface area contributed by atoms with E-state index in [1.807, 2.05) is 6.07 Å². The molecule has 1 aliphatic carbocycles. The van der Waals surface area contributed by atoms with Crippen LogP contribution in [-0.2, 0) is 0 Å². The van der Waals surface area contributed by atoms with Gasteiger partial charge in [0.25, 0.3) is 5.91 Å². The number of carbonyl (C=O) groups excluding carboxylic acids is 1. The van der Waals surface area contributed by atoms with Gasteiger partial charge in [-0.1, -0.05) is 23.2 Å². The Balaban J connectivity index is 1.83. The molecule has 0 saturated heterocycles. The summed E-state index contributed by atoms with van der Waals surface area (Å²) in [5, 5.41) is 2.83. The van der Waals surface area contributed by atoms with Crippen molar-refractivity contribution in [3.8, 4) is 0 Å². The molecule has 2 aromatic rings. The Hall–Kier alpha value is -1.65. The van der Waals surface area contributed by atoms with Crippen LogP contribution in [0.4, 0.5) is 10.1 Å². The molecule has 1 fully saturated rings. The summed E-state index contributed by atoms with van der Waals surface area (Å²) in [6.45, 7) is 0. The third-order valence-corrected chi connectivity index (χ3v) is 4.04. The highest BCUT2D eigenvalue weighted by atomic mass is 35.5. The van der Waals surface area contributed by atoms with Crippen LogP contribution in [0.25, 0.3) is 0 Å². The molecule has 1 aromatic heterocycles. The molecular formula is C15H11Cl2FN2O. The van der Waals surface area contributed by atoms with Gasteiger partial charge in [-0.15, -0.1) is 0 Å². The number of amides is 1. The standard InChI is InChI=1S/C15H11Cl2FN2O/c16-12-4-11(14(18)5-13(12)17)15(21)20-10-3-9(6-19-7-10)8-1-2-8/h3-8H,1-2H2,(H,20,21). The molecule has 6 heteroatoms. The number of hydrogen-bond donors (Lipinski definition) is 1. The largest absolute Gasteiger partial charge is 0.320 e. The van der Waals surface area contributed by atoms with Gasteiger partial charge < -0.3 is 5.32 Å². The first-order chi connectivity index (χ1) is 10.0. The van der Waals surface area contributed by atoms with E-state index >= 15 is 0 Å². The van der Waals surface area contributed by atoms with E-state index in [0.717, 1.165) is 24.5 Å². The average Bonchev–Trinajstić information content (AvgIpc) is 3.27. The summed E-state index contributed by atoms with van der Waals surface area (Å²) in [5.74, 6) is -0.773. The van der Waals surface area contributed by atoms with Crippen LogP contribution in [0.15, 0.2) is 30.6 Å². The number of rotatable bonds is 3. The Labute approximate surface area is 131 Å². The van der Waals surface area contributed by atoms with Crippen molar-refractivity contribution in [2.24, 2.45) is 0 Å². The molecule has 0 radical (unpaired) electrons. The lowest BCUT2D eigenvalue weighted by Crippen LogP contribution is -2.14. The molecule has 21 heavy (non-hydrogen) atoms. The first kappa shape index (κ1) is 14.3. The van der Waals surface area contributed by atoms with Crippen molar-refractivity contribution in [3.05, 3.63) is 57.6 Å². The van der Waals surface area contributed by atoms with Crippen molar-refractivity contribution in [2.45, 2.75) is 18.8 Å². The van der Waals surface area contributed by atoms with E-state index in [4.69, 9.17) is 23.2 Å². The Bertz CT molecular complexity index is 717. The van der Waals surface area contributed by atoms with Crippen LogP contribution < -0.4 is 5.32 Å². The highest BCUT2D eigenvalue weighted by molar-refractivity contribution is 6.42. The maximum absolute atomic E-state index is 13.8. The number of hydrogen-bond acceptors (Lipinski definition) is 2. The van der Waals surface area contributed by atoms with Crippen LogP contribution in [0.2, 0.25) is 10.0 Å². The van der Waals surface area contributed by atoms with E-state index in [-0.39, 0.29) is 15.6 Å². The number of aromatic nitrogens is 1. The smallest absolute Gasteiger partial charge is 0.258 e. The second-order valence-corrected chi connectivity index (χ2v) is 5.80. The fourth-order valence-electron chi connectivity index (χ4n) is 2.06. The highest BCUT2D eigenvalue weighted by Crippen LogP contribution is 2.40. The average molecular weight is 325 g/mol. The van der Waals surface area contributed by atoms with E-state index in [2.05, 4.69) is 10.3 Å². The molecule has 0 spiro atoms. The summed E-state index contributed by atoms with van der Waals surface area (Å²) in [6.07, 6.45) is 5.59. The van der Waals surface area contributed by atoms with Gasteiger partial charge in [0.2, 0.25) is 0 Å². The minimum absolute atomic E-state index is 0.0723. The van der Waals surface area contributed by atoms with Crippen molar-refractivity contribution in [1.29, 1.82) is 0 Å². The number of nitrogens with zero attached hydrogens (tertiary/aromatic N) is 1. The maximum atomic E-state index is 13.8.